The average molecular weight is 237 g/mol. The number of halogens is 1. The predicted octanol–water partition coefficient (Wildman–Crippen LogP) is 2.27. The molecule has 13 heavy (non-hydrogen) atoms. The molecule has 0 spiro atoms. The highest BCUT2D eigenvalue weighted by atomic mass is 79.9. The molecule has 1 aliphatic rings. The predicted molar refractivity (Wildman–Crippen MR) is 54.1 cm³/mol. The summed E-state index contributed by atoms with van der Waals surface area (Å²) >= 11 is 3.38. The second-order valence-corrected chi connectivity index (χ2v) is 4.19. The van der Waals surface area contributed by atoms with Crippen molar-refractivity contribution in [3.63, 3.8) is 0 Å². The van der Waals surface area contributed by atoms with Crippen LogP contribution in [0.2, 0.25) is 0 Å². The van der Waals surface area contributed by atoms with Crippen molar-refractivity contribution < 1.29 is 0 Å². The second-order valence-electron chi connectivity index (χ2n) is 3.28. The van der Waals surface area contributed by atoms with Crippen molar-refractivity contribution in [1.82, 2.24) is 0 Å². The fraction of sp³-hybridized carbons (Fsp3) is 0.300. The van der Waals surface area contributed by atoms with Gasteiger partial charge in [0.1, 0.15) is 0 Å². The maximum atomic E-state index is 8.90. The van der Waals surface area contributed by atoms with Gasteiger partial charge >= 0.3 is 0 Å². The van der Waals surface area contributed by atoms with E-state index >= 15 is 0 Å². The first-order valence-electron chi connectivity index (χ1n) is 4.20. The molecule has 0 amide bonds. The van der Waals surface area contributed by atoms with E-state index in [4.69, 9.17) is 11.0 Å². The lowest BCUT2D eigenvalue weighted by Crippen LogP contribution is -2.05. The fourth-order valence-electron chi connectivity index (χ4n) is 1.82. The SMILES string of the molecule is N#Cc1cc(Br)cc2c1CCC2N. The van der Waals surface area contributed by atoms with Crippen LogP contribution in [0.4, 0.5) is 0 Å². The highest BCUT2D eigenvalue weighted by molar-refractivity contribution is 9.10. The molecule has 3 heteroatoms. The first-order valence-corrected chi connectivity index (χ1v) is 4.99. The van der Waals surface area contributed by atoms with Crippen molar-refractivity contribution in [2.75, 3.05) is 0 Å². The standard InChI is InChI=1S/C10H9BrN2/c11-7-3-6(5-12)8-1-2-10(13)9(8)4-7/h3-4,10H,1-2,13H2. The van der Waals surface area contributed by atoms with E-state index in [-0.39, 0.29) is 6.04 Å². The minimum absolute atomic E-state index is 0.111. The van der Waals surface area contributed by atoms with Crippen molar-refractivity contribution in [3.05, 3.63) is 33.3 Å². The first-order chi connectivity index (χ1) is 6.22. The minimum Gasteiger partial charge on any atom is -0.324 e. The zero-order chi connectivity index (χ0) is 9.42. The van der Waals surface area contributed by atoms with Crippen LogP contribution in [0, 0.1) is 11.3 Å². The Morgan fingerprint density at radius 2 is 2.31 bits per heavy atom. The van der Waals surface area contributed by atoms with Crippen molar-refractivity contribution >= 4 is 15.9 Å². The normalized spacial score (nSPS) is 19.6. The van der Waals surface area contributed by atoms with E-state index in [1.807, 2.05) is 12.1 Å². The highest BCUT2D eigenvalue weighted by Crippen LogP contribution is 2.33. The molecular weight excluding hydrogens is 228 g/mol. The van der Waals surface area contributed by atoms with Crippen LogP contribution in [0.15, 0.2) is 16.6 Å². The Labute approximate surface area is 85.5 Å². The lowest BCUT2D eigenvalue weighted by Gasteiger charge is -2.06. The topological polar surface area (TPSA) is 49.8 Å². The van der Waals surface area contributed by atoms with E-state index in [9.17, 15) is 0 Å². The van der Waals surface area contributed by atoms with Gasteiger partial charge in [-0.1, -0.05) is 15.9 Å². The molecule has 0 radical (unpaired) electrons. The van der Waals surface area contributed by atoms with Gasteiger partial charge in [-0.3, -0.25) is 0 Å². The number of nitrogens with zero attached hydrogens (tertiary/aromatic N) is 1. The minimum atomic E-state index is 0.111. The van der Waals surface area contributed by atoms with E-state index in [1.54, 1.807) is 0 Å². The van der Waals surface area contributed by atoms with Crippen molar-refractivity contribution in [2.24, 2.45) is 5.73 Å². The van der Waals surface area contributed by atoms with Gasteiger partial charge in [-0.05, 0) is 36.1 Å². The van der Waals surface area contributed by atoms with Crippen LogP contribution >= 0.6 is 15.9 Å². The summed E-state index contributed by atoms with van der Waals surface area (Å²) in [4.78, 5) is 0. The summed E-state index contributed by atoms with van der Waals surface area (Å²) < 4.78 is 0.945. The third kappa shape index (κ3) is 1.37. The lowest BCUT2D eigenvalue weighted by atomic mass is 10.0. The number of fused-ring (bicyclic) bond motifs is 1. The van der Waals surface area contributed by atoms with Gasteiger partial charge in [0.2, 0.25) is 0 Å². The van der Waals surface area contributed by atoms with Crippen LogP contribution in [0.3, 0.4) is 0 Å². The molecule has 2 N–H and O–H groups in total. The van der Waals surface area contributed by atoms with Crippen LogP contribution in [-0.4, -0.2) is 0 Å². The lowest BCUT2D eigenvalue weighted by molar-refractivity contribution is 0.713. The van der Waals surface area contributed by atoms with E-state index in [1.165, 1.54) is 0 Å². The number of rotatable bonds is 0. The van der Waals surface area contributed by atoms with Crippen molar-refractivity contribution in [1.29, 1.82) is 5.26 Å². The molecule has 1 unspecified atom stereocenters. The molecule has 0 heterocycles. The smallest absolute Gasteiger partial charge is 0.0995 e. The molecule has 1 aliphatic carbocycles. The summed E-state index contributed by atoms with van der Waals surface area (Å²) in [5, 5.41) is 8.90. The van der Waals surface area contributed by atoms with Crippen LogP contribution < -0.4 is 5.73 Å². The molecule has 0 saturated heterocycles. The Morgan fingerprint density at radius 3 is 3.00 bits per heavy atom. The molecule has 2 nitrogen and oxygen atoms in total. The van der Waals surface area contributed by atoms with Crippen LogP contribution in [0.25, 0.3) is 0 Å². The maximum absolute atomic E-state index is 8.90. The summed E-state index contributed by atoms with van der Waals surface area (Å²) in [6.07, 6.45) is 1.90. The molecule has 1 aromatic carbocycles. The van der Waals surface area contributed by atoms with Crippen molar-refractivity contribution in [2.45, 2.75) is 18.9 Å². The molecule has 0 saturated carbocycles. The Bertz CT molecular complexity index is 393. The maximum Gasteiger partial charge on any atom is 0.0995 e. The molecule has 0 aliphatic heterocycles. The molecule has 66 valence electrons. The number of nitrogens with two attached hydrogens (primary N) is 1. The van der Waals surface area contributed by atoms with Crippen molar-refractivity contribution in [3.8, 4) is 6.07 Å². The Balaban J connectivity index is 2.65. The zero-order valence-corrected chi connectivity index (χ0v) is 8.63. The Morgan fingerprint density at radius 1 is 1.54 bits per heavy atom. The summed E-state index contributed by atoms with van der Waals surface area (Å²) in [5.74, 6) is 0. The average Bonchev–Trinajstić information content (AvgIpc) is 2.47. The van der Waals surface area contributed by atoms with Gasteiger partial charge in [0, 0.05) is 10.5 Å². The number of nitriles is 1. The van der Waals surface area contributed by atoms with Gasteiger partial charge in [-0.25, -0.2) is 0 Å². The molecule has 1 atom stereocenters. The Hall–Kier alpha value is -0.850. The van der Waals surface area contributed by atoms with Gasteiger partial charge in [-0.2, -0.15) is 5.26 Å². The summed E-state index contributed by atoms with van der Waals surface area (Å²) in [5.41, 5.74) is 8.94. The largest absolute Gasteiger partial charge is 0.324 e. The molecule has 2 rings (SSSR count). The number of benzene rings is 1. The Kier molecular flexibility index (Phi) is 2.10. The number of hydrogen-bond donors (Lipinski definition) is 1. The third-order valence-electron chi connectivity index (χ3n) is 2.47. The van der Waals surface area contributed by atoms with Gasteiger partial charge < -0.3 is 5.73 Å². The van der Waals surface area contributed by atoms with E-state index in [0.29, 0.717) is 0 Å². The third-order valence-corrected chi connectivity index (χ3v) is 2.93. The summed E-state index contributed by atoms with van der Waals surface area (Å²) in [7, 11) is 0. The zero-order valence-electron chi connectivity index (χ0n) is 7.05. The number of hydrogen-bond acceptors (Lipinski definition) is 2. The van der Waals surface area contributed by atoms with Gasteiger partial charge in [0.15, 0.2) is 0 Å². The van der Waals surface area contributed by atoms with E-state index in [0.717, 1.165) is 34.0 Å². The van der Waals surface area contributed by atoms with Gasteiger partial charge in [0.05, 0.1) is 11.6 Å². The summed E-state index contributed by atoms with van der Waals surface area (Å²) in [6, 6.07) is 6.19. The molecule has 0 bridgehead atoms. The second kappa shape index (κ2) is 3.13. The van der Waals surface area contributed by atoms with Gasteiger partial charge in [-0.15, -0.1) is 0 Å². The van der Waals surface area contributed by atoms with Crippen LogP contribution in [0.5, 0.6) is 0 Å². The fourth-order valence-corrected chi connectivity index (χ4v) is 2.30. The van der Waals surface area contributed by atoms with E-state index < -0.39 is 0 Å². The van der Waals surface area contributed by atoms with E-state index in [2.05, 4.69) is 22.0 Å². The monoisotopic (exact) mass is 236 g/mol. The van der Waals surface area contributed by atoms with Crippen LogP contribution in [0.1, 0.15) is 29.2 Å². The quantitative estimate of drug-likeness (QED) is 0.752. The van der Waals surface area contributed by atoms with Crippen LogP contribution in [-0.2, 0) is 6.42 Å². The molecule has 0 fully saturated rings. The first kappa shape index (κ1) is 8.74. The molecule has 0 aromatic heterocycles. The molecular formula is C10H9BrN2. The molecule has 1 aromatic rings. The highest BCUT2D eigenvalue weighted by Gasteiger charge is 2.22. The van der Waals surface area contributed by atoms with Gasteiger partial charge in [0.25, 0.3) is 0 Å². The summed E-state index contributed by atoms with van der Waals surface area (Å²) in [6.45, 7) is 0.